The number of amides is 1. The Morgan fingerprint density at radius 3 is 2.79 bits per heavy atom. The second kappa shape index (κ2) is 5.99. The smallest absolute Gasteiger partial charge is 0.274 e. The highest BCUT2D eigenvalue weighted by Gasteiger charge is 2.33. The van der Waals surface area contributed by atoms with Gasteiger partial charge in [0.05, 0.1) is 12.4 Å². The molecule has 1 amide bonds. The number of anilines is 1. The largest absolute Gasteiger partial charge is 0.369 e. The molecule has 0 spiro atoms. The molecule has 1 fully saturated rings. The van der Waals surface area contributed by atoms with E-state index in [0.29, 0.717) is 23.5 Å². The van der Waals surface area contributed by atoms with Crippen molar-refractivity contribution in [1.82, 2.24) is 14.9 Å². The summed E-state index contributed by atoms with van der Waals surface area (Å²) in [6.45, 7) is 7.81. The fourth-order valence-electron chi connectivity index (χ4n) is 2.06. The Balaban J connectivity index is 2.14. The van der Waals surface area contributed by atoms with E-state index >= 15 is 0 Å². The molecule has 0 atom stereocenters. The fourth-order valence-corrected chi connectivity index (χ4v) is 2.06. The molecule has 1 aromatic heterocycles. The van der Waals surface area contributed by atoms with Crippen molar-refractivity contribution in [2.75, 3.05) is 18.4 Å². The van der Waals surface area contributed by atoms with Crippen LogP contribution in [0.1, 0.15) is 44.1 Å². The minimum Gasteiger partial charge on any atom is -0.369 e. The minimum absolute atomic E-state index is 0.00320. The van der Waals surface area contributed by atoms with Crippen molar-refractivity contribution in [2.24, 2.45) is 5.92 Å². The molecule has 1 heterocycles. The SMILES string of the molecule is CCNc1cncc(C(=O)N(CC(C)C)C2CC2)n1. The van der Waals surface area contributed by atoms with E-state index in [0.717, 1.165) is 25.9 Å². The summed E-state index contributed by atoms with van der Waals surface area (Å²) in [4.78, 5) is 22.9. The molecule has 1 aliphatic rings. The highest BCUT2D eigenvalue weighted by Crippen LogP contribution is 2.28. The lowest BCUT2D eigenvalue weighted by atomic mass is 10.2. The van der Waals surface area contributed by atoms with Crippen molar-refractivity contribution in [3.05, 3.63) is 18.1 Å². The number of carbonyl (C=O) groups is 1. The van der Waals surface area contributed by atoms with Gasteiger partial charge in [-0.25, -0.2) is 4.98 Å². The van der Waals surface area contributed by atoms with Crippen molar-refractivity contribution in [1.29, 1.82) is 0 Å². The summed E-state index contributed by atoms with van der Waals surface area (Å²) >= 11 is 0. The molecule has 2 rings (SSSR count). The van der Waals surface area contributed by atoms with E-state index in [1.54, 1.807) is 12.4 Å². The Kier molecular flexibility index (Phi) is 4.35. The zero-order valence-electron chi connectivity index (χ0n) is 11.9. The molecule has 0 unspecified atom stereocenters. The molecule has 1 N–H and O–H groups in total. The summed E-state index contributed by atoms with van der Waals surface area (Å²) in [7, 11) is 0. The van der Waals surface area contributed by atoms with Gasteiger partial charge in [0.15, 0.2) is 0 Å². The molecule has 19 heavy (non-hydrogen) atoms. The second-order valence-corrected chi connectivity index (χ2v) is 5.40. The third kappa shape index (κ3) is 3.66. The van der Waals surface area contributed by atoms with Crippen molar-refractivity contribution >= 4 is 11.7 Å². The molecule has 0 radical (unpaired) electrons. The quantitative estimate of drug-likeness (QED) is 0.853. The lowest BCUT2D eigenvalue weighted by molar-refractivity contribution is 0.0716. The molecule has 104 valence electrons. The van der Waals surface area contributed by atoms with E-state index in [1.165, 1.54) is 0 Å². The Morgan fingerprint density at radius 2 is 2.21 bits per heavy atom. The third-order valence-electron chi connectivity index (χ3n) is 3.02. The minimum atomic E-state index is 0.00320. The summed E-state index contributed by atoms with van der Waals surface area (Å²) in [5.41, 5.74) is 0.436. The van der Waals surface area contributed by atoms with Gasteiger partial charge in [-0.2, -0.15) is 0 Å². The third-order valence-corrected chi connectivity index (χ3v) is 3.02. The topological polar surface area (TPSA) is 58.1 Å². The van der Waals surface area contributed by atoms with Crippen LogP contribution in [0.15, 0.2) is 12.4 Å². The van der Waals surface area contributed by atoms with Gasteiger partial charge in [-0.15, -0.1) is 0 Å². The molecular weight excluding hydrogens is 240 g/mol. The van der Waals surface area contributed by atoms with E-state index < -0.39 is 0 Å². The molecule has 0 aromatic carbocycles. The van der Waals surface area contributed by atoms with Crippen LogP contribution in [-0.2, 0) is 0 Å². The normalized spacial score (nSPS) is 14.5. The van der Waals surface area contributed by atoms with Gasteiger partial charge in [-0.05, 0) is 25.7 Å². The van der Waals surface area contributed by atoms with Crippen LogP contribution in [0, 0.1) is 5.92 Å². The van der Waals surface area contributed by atoms with Crippen LogP contribution in [0.2, 0.25) is 0 Å². The van der Waals surface area contributed by atoms with Gasteiger partial charge in [0, 0.05) is 19.1 Å². The monoisotopic (exact) mass is 262 g/mol. The zero-order valence-corrected chi connectivity index (χ0v) is 11.9. The lowest BCUT2D eigenvalue weighted by Gasteiger charge is -2.24. The predicted octanol–water partition coefficient (Wildman–Crippen LogP) is 2.17. The van der Waals surface area contributed by atoms with Crippen LogP contribution in [0.25, 0.3) is 0 Å². The number of hydrogen-bond donors (Lipinski definition) is 1. The first kappa shape index (κ1) is 13.8. The first-order valence-corrected chi connectivity index (χ1v) is 6.98. The average Bonchev–Trinajstić information content (AvgIpc) is 3.20. The first-order chi connectivity index (χ1) is 9.11. The summed E-state index contributed by atoms with van der Waals surface area (Å²) in [6.07, 6.45) is 5.42. The van der Waals surface area contributed by atoms with Crippen LogP contribution >= 0.6 is 0 Å². The molecule has 1 saturated carbocycles. The highest BCUT2D eigenvalue weighted by atomic mass is 16.2. The Bertz CT molecular complexity index is 443. The van der Waals surface area contributed by atoms with E-state index in [9.17, 15) is 4.79 Å². The number of hydrogen-bond acceptors (Lipinski definition) is 4. The predicted molar refractivity (Wildman–Crippen MR) is 75.1 cm³/mol. The zero-order chi connectivity index (χ0) is 13.8. The number of nitrogens with one attached hydrogen (secondary N) is 1. The molecule has 0 saturated heterocycles. The number of rotatable bonds is 6. The van der Waals surface area contributed by atoms with Crippen LogP contribution < -0.4 is 5.32 Å². The molecule has 5 heteroatoms. The number of nitrogens with zero attached hydrogens (tertiary/aromatic N) is 3. The highest BCUT2D eigenvalue weighted by molar-refractivity contribution is 5.92. The molecule has 5 nitrogen and oxygen atoms in total. The van der Waals surface area contributed by atoms with Crippen LogP contribution in [0.3, 0.4) is 0 Å². The molecule has 1 aromatic rings. The van der Waals surface area contributed by atoms with Crippen molar-refractivity contribution in [3.8, 4) is 0 Å². The van der Waals surface area contributed by atoms with Crippen molar-refractivity contribution in [3.63, 3.8) is 0 Å². The van der Waals surface area contributed by atoms with Crippen molar-refractivity contribution in [2.45, 2.75) is 39.7 Å². The maximum Gasteiger partial charge on any atom is 0.274 e. The summed E-state index contributed by atoms with van der Waals surface area (Å²) in [5.74, 6) is 1.13. The van der Waals surface area contributed by atoms with E-state index in [1.807, 2.05) is 11.8 Å². The Labute approximate surface area is 114 Å². The van der Waals surface area contributed by atoms with Gasteiger partial charge >= 0.3 is 0 Å². The molecular formula is C14H22N4O. The Hall–Kier alpha value is -1.65. The molecule has 0 bridgehead atoms. The van der Waals surface area contributed by atoms with E-state index in [-0.39, 0.29) is 5.91 Å². The summed E-state index contributed by atoms with van der Waals surface area (Å²) in [5, 5.41) is 3.08. The standard InChI is InChI=1S/C14H22N4O/c1-4-16-13-8-15-7-12(17-13)14(19)18(9-10(2)3)11-5-6-11/h7-8,10-11H,4-6,9H2,1-3H3,(H,16,17). The fraction of sp³-hybridized carbons (Fsp3) is 0.643. The average molecular weight is 262 g/mol. The van der Waals surface area contributed by atoms with Crippen molar-refractivity contribution < 1.29 is 4.79 Å². The van der Waals surface area contributed by atoms with E-state index in [2.05, 4.69) is 29.1 Å². The van der Waals surface area contributed by atoms with Gasteiger partial charge in [-0.1, -0.05) is 13.8 Å². The van der Waals surface area contributed by atoms with Gasteiger partial charge in [0.2, 0.25) is 0 Å². The Morgan fingerprint density at radius 1 is 1.47 bits per heavy atom. The molecule has 1 aliphatic carbocycles. The van der Waals surface area contributed by atoms with Crippen LogP contribution in [0.5, 0.6) is 0 Å². The first-order valence-electron chi connectivity index (χ1n) is 6.98. The van der Waals surface area contributed by atoms with Gasteiger partial charge in [0.25, 0.3) is 5.91 Å². The maximum atomic E-state index is 12.5. The van der Waals surface area contributed by atoms with Gasteiger partial charge < -0.3 is 10.2 Å². The summed E-state index contributed by atoms with van der Waals surface area (Å²) < 4.78 is 0. The molecule has 0 aliphatic heterocycles. The number of carbonyl (C=O) groups excluding carboxylic acids is 1. The summed E-state index contributed by atoms with van der Waals surface area (Å²) in [6, 6.07) is 0.402. The maximum absolute atomic E-state index is 12.5. The van der Waals surface area contributed by atoms with Gasteiger partial charge in [-0.3, -0.25) is 9.78 Å². The van der Waals surface area contributed by atoms with Crippen LogP contribution in [0.4, 0.5) is 5.82 Å². The van der Waals surface area contributed by atoms with Gasteiger partial charge in [0.1, 0.15) is 11.5 Å². The van der Waals surface area contributed by atoms with E-state index in [4.69, 9.17) is 0 Å². The van der Waals surface area contributed by atoms with Crippen LogP contribution in [-0.4, -0.2) is 39.9 Å². The lowest BCUT2D eigenvalue weighted by Crippen LogP contribution is -2.36. The number of aromatic nitrogens is 2. The second-order valence-electron chi connectivity index (χ2n) is 5.40.